The van der Waals surface area contributed by atoms with Crippen molar-refractivity contribution in [1.82, 2.24) is 15.3 Å². The molecule has 2 saturated heterocycles. The summed E-state index contributed by atoms with van der Waals surface area (Å²) in [7, 11) is 1.65. The van der Waals surface area contributed by atoms with Gasteiger partial charge in [-0.05, 0) is 12.8 Å². The number of rotatable bonds is 4. The minimum Gasteiger partial charge on any atom is -0.378 e. The van der Waals surface area contributed by atoms with Crippen LogP contribution in [0.15, 0.2) is 6.07 Å². The third kappa shape index (κ3) is 3.44. The first kappa shape index (κ1) is 16.9. The minimum atomic E-state index is -0.276. The van der Waals surface area contributed by atoms with E-state index >= 15 is 0 Å². The van der Waals surface area contributed by atoms with Crippen LogP contribution in [0.3, 0.4) is 0 Å². The van der Waals surface area contributed by atoms with Crippen molar-refractivity contribution >= 4 is 17.7 Å². The van der Waals surface area contributed by atoms with Gasteiger partial charge in [0.2, 0.25) is 11.9 Å². The zero-order valence-electron chi connectivity index (χ0n) is 14.4. The molecule has 3 heterocycles. The van der Waals surface area contributed by atoms with Crippen LogP contribution in [0, 0.1) is 0 Å². The number of aryl methyl sites for hydroxylation is 1. The molecule has 2 aliphatic heterocycles. The summed E-state index contributed by atoms with van der Waals surface area (Å²) >= 11 is 0. The zero-order chi connectivity index (χ0) is 17.1. The number of amides is 1. The van der Waals surface area contributed by atoms with Crippen LogP contribution in [0.4, 0.5) is 11.8 Å². The van der Waals surface area contributed by atoms with Gasteiger partial charge in [-0.3, -0.25) is 4.79 Å². The van der Waals surface area contributed by atoms with Gasteiger partial charge in [0.05, 0.1) is 13.2 Å². The van der Waals surface area contributed by atoms with Crippen molar-refractivity contribution in [3.63, 3.8) is 0 Å². The highest BCUT2D eigenvalue weighted by molar-refractivity contribution is 5.85. The van der Waals surface area contributed by atoms with Gasteiger partial charge in [-0.25, -0.2) is 4.98 Å². The molecule has 0 spiro atoms. The van der Waals surface area contributed by atoms with Gasteiger partial charge >= 0.3 is 0 Å². The topological polar surface area (TPSA) is 96.6 Å². The lowest BCUT2D eigenvalue weighted by Gasteiger charge is -2.29. The van der Waals surface area contributed by atoms with Gasteiger partial charge in [-0.2, -0.15) is 4.98 Å². The van der Waals surface area contributed by atoms with Gasteiger partial charge in [0, 0.05) is 44.5 Å². The third-order valence-electron chi connectivity index (χ3n) is 4.59. The molecule has 1 amide bonds. The second kappa shape index (κ2) is 7.31. The molecule has 2 fully saturated rings. The van der Waals surface area contributed by atoms with Crippen LogP contribution in [0.25, 0.3) is 0 Å². The number of carbonyl (C=O) groups is 1. The Bertz CT molecular complexity index is 590. The monoisotopic (exact) mass is 334 g/mol. The second-order valence-corrected chi connectivity index (χ2v) is 6.25. The van der Waals surface area contributed by atoms with Crippen LogP contribution < -0.4 is 20.9 Å². The molecule has 3 rings (SSSR count). The molecular formula is C16H26N6O2. The van der Waals surface area contributed by atoms with Crippen LogP contribution in [-0.2, 0) is 16.0 Å². The van der Waals surface area contributed by atoms with Crippen LogP contribution in [0.1, 0.15) is 19.0 Å². The Morgan fingerprint density at radius 3 is 2.83 bits per heavy atom. The minimum absolute atomic E-state index is 0.0208. The van der Waals surface area contributed by atoms with Gasteiger partial charge in [-0.1, -0.05) is 6.92 Å². The number of ether oxygens (including phenoxy) is 1. The van der Waals surface area contributed by atoms with Crippen molar-refractivity contribution in [1.29, 1.82) is 0 Å². The molecule has 24 heavy (non-hydrogen) atoms. The predicted octanol–water partition coefficient (Wildman–Crippen LogP) is -0.472. The second-order valence-electron chi connectivity index (χ2n) is 6.25. The number of anilines is 2. The molecule has 2 aliphatic rings. The smallest absolute Gasteiger partial charge is 0.242 e. The van der Waals surface area contributed by atoms with E-state index in [1.165, 1.54) is 0 Å². The largest absolute Gasteiger partial charge is 0.378 e. The van der Waals surface area contributed by atoms with Gasteiger partial charge in [0.1, 0.15) is 11.9 Å². The standard InChI is InChI=1S/C16H26N6O2/c1-3-12-9-14(20-16(19-12)21-4-6-24-7-5-21)22-10-11(17)8-13(22)15(23)18-2/h9,11,13H,3-8,10,17H2,1-2H3,(H,18,23)/t11-,13+/m1/s1. The predicted molar refractivity (Wildman–Crippen MR) is 92.2 cm³/mol. The number of likely N-dealkylation sites (N-methyl/N-ethyl adjacent to an activating group) is 1. The van der Waals surface area contributed by atoms with Crippen molar-refractivity contribution in [3.05, 3.63) is 11.8 Å². The third-order valence-corrected chi connectivity index (χ3v) is 4.59. The summed E-state index contributed by atoms with van der Waals surface area (Å²) < 4.78 is 5.41. The Morgan fingerprint density at radius 2 is 2.17 bits per heavy atom. The molecule has 8 nitrogen and oxygen atoms in total. The molecule has 0 saturated carbocycles. The van der Waals surface area contributed by atoms with Crippen molar-refractivity contribution in [2.24, 2.45) is 5.73 Å². The summed E-state index contributed by atoms with van der Waals surface area (Å²) in [6, 6.07) is 1.67. The molecule has 0 bridgehead atoms. The van der Waals surface area contributed by atoms with E-state index in [0.29, 0.717) is 32.1 Å². The van der Waals surface area contributed by atoms with Crippen LogP contribution in [0.5, 0.6) is 0 Å². The number of nitrogens with two attached hydrogens (primary N) is 1. The fraction of sp³-hybridized carbons (Fsp3) is 0.688. The lowest BCUT2D eigenvalue weighted by molar-refractivity contribution is -0.121. The van der Waals surface area contributed by atoms with Crippen molar-refractivity contribution < 1.29 is 9.53 Å². The normalized spacial score (nSPS) is 24.3. The van der Waals surface area contributed by atoms with Gasteiger partial charge < -0.3 is 25.6 Å². The average molecular weight is 334 g/mol. The molecule has 0 unspecified atom stereocenters. The van der Waals surface area contributed by atoms with E-state index in [2.05, 4.69) is 22.1 Å². The molecule has 1 aromatic heterocycles. The van der Waals surface area contributed by atoms with Crippen molar-refractivity contribution in [3.8, 4) is 0 Å². The highest BCUT2D eigenvalue weighted by atomic mass is 16.5. The first-order valence-electron chi connectivity index (χ1n) is 8.56. The number of hydrogen-bond donors (Lipinski definition) is 2. The van der Waals surface area contributed by atoms with Crippen LogP contribution in [0.2, 0.25) is 0 Å². The maximum atomic E-state index is 12.2. The first-order chi connectivity index (χ1) is 11.6. The number of hydrogen-bond acceptors (Lipinski definition) is 7. The van der Waals surface area contributed by atoms with E-state index < -0.39 is 0 Å². The van der Waals surface area contributed by atoms with Crippen LogP contribution >= 0.6 is 0 Å². The molecule has 0 radical (unpaired) electrons. The van der Waals surface area contributed by atoms with E-state index in [0.717, 1.165) is 31.0 Å². The SMILES string of the molecule is CCc1cc(N2C[C@H](N)C[C@H]2C(=O)NC)nc(N2CCOCC2)n1. The number of nitrogens with one attached hydrogen (secondary N) is 1. The highest BCUT2D eigenvalue weighted by Gasteiger charge is 2.36. The van der Waals surface area contributed by atoms with Crippen molar-refractivity contribution in [2.75, 3.05) is 49.7 Å². The molecule has 132 valence electrons. The maximum Gasteiger partial charge on any atom is 0.242 e. The molecule has 3 N–H and O–H groups in total. The Morgan fingerprint density at radius 1 is 1.42 bits per heavy atom. The Kier molecular flexibility index (Phi) is 5.15. The summed E-state index contributed by atoms with van der Waals surface area (Å²) in [5, 5.41) is 2.73. The van der Waals surface area contributed by atoms with Gasteiger partial charge in [0.15, 0.2) is 0 Å². The van der Waals surface area contributed by atoms with E-state index in [1.54, 1.807) is 7.05 Å². The fourth-order valence-corrected chi connectivity index (χ4v) is 3.24. The molecule has 2 atom stereocenters. The zero-order valence-corrected chi connectivity index (χ0v) is 14.4. The molecule has 0 aromatic carbocycles. The van der Waals surface area contributed by atoms with E-state index in [-0.39, 0.29) is 18.0 Å². The molecule has 1 aromatic rings. The van der Waals surface area contributed by atoms with Crippen molar-refractivity contribution in [2.45, 2.75) is 31.8 Å². The lowest BCUT2D eigenvalue weighted by Crippen LogP contribution is -2.43. The quantitative estimate of drug-likeness (QED) is 0.768. The summed E-state index contributed by atoms with van der Waals surface area (Å²) in [5.74, 6) is 1.47. The molecule has 0 aliphatic carbocycles. The number of nitrogens with zero attached hydrogens (tertiary/aromatic N) is 4. The Balaban J connectivity index is 1.92. The first-order valence-corrected chi connectivity index (χ1v) is 8.56. The summed E-state index contributed by atoms with van der Waals surface area (Å²) in [6.07, 6.45) is 1.45. The van der Waals surface area contributed by atoms with E-state index in [9.17, 15) is 4.79 Å². The maximum absolute atomic E-state index is 12.2. The fourth-order valence-electron chi connectivity index (χ4n) is 3.24. The van der Waals surface area contributed by atoms with Gasteiger partial charge in [-0.15, -0.1) is 0 Å². The van der Waals surface area contributed by atoms with Gasteiger partial charge in [0.25, 0.3) is 0 Å². The summed E-state index contributed by atoms with van der Waals surface area (Å²) in [4.78, 5) is 25.7. The lowest BCUT2D eigenvalue weighted by atomic mass is 10.1. The summed E-state index contributed by atoms with van der Waals surface area (Å²) in [6.45, 7) is 5.63. The molecular weight excluding hydrogens is 308 g/mol. The number of aromatic nitrogens is 2. The molecule has 8 heteroatoms. The Hall–Kier alpha value is -1.93. The summed E-state index contributed by atoms with van der Waals surface area (Å²) in [5.41, 5.74) is 7.07. The Labute approximate surface area is 142 Å². The van der Waals surface area contributed by atoms with Crippen LogP contribution in [-0.4, -0.2) is 67.9 Å². The van der Waals surface area contributed by atoms with E-state index in [1.807, 2.05) is 11.0 Å². The number of carbonyl (C=O) groups excluding carboxylic acids is 1. The highest BCUT2D eigenvalue weighted by Crippen LogP contribution is 2.26. The number of morpholine rings is 1. The van der Waals surface area contributed by atoms with E-state index in [4.69, 9.17) is 15.5 Å². The average Bonchev–Trinajstić information content (AvgIpc) is 3.03.